The third-order valence-corrected chi connectivity index (χ3v) is 3.04. The summed E-state index contributed by atoms with van der Waals surface area (Å²) in [5.41, 5.74) is 7.22. The summed E-state index contributed by atoms with van der Waals surface area (Å²) in [4.78, 5) is 0. The molecular weight excluding hydrogens is 276 g/mol. The summed E-state index contributed by atoms with van der Waals surface area (Å²) >= 11 is 0. The van der Waals surface area contributed by atoms with Crippen molar-refractivity contribution in [2.45, 2.75) is 13.1 Å². The van der Waals surface area contributed by atoms with Gasteiger partial charge >= 0.3 is 0 Å². The van der Waals surface area contributed by atoms with E-state index < -0.39 is 11.6 Å². The van der Waals surface area contributed by atoms with Gasteiger partial charge in [0.1, 0.15) is 11.6 Å². The van der Waals surface area contributed by atoms with Crippen LogP contribution in [0.2, 0.25) is 0 Å². The van der Waals surface area contributed by atoms with E-state index in [2.05, 4.69) is 10.5 Å². The lowest BCUT2D eigenvalue weighted by Crippen LogP contribution is -2.20. The van der Waals surface area contributed by atoms with Crippen molar-refractivity contribution in [3.8, 4) is 0 Å². The zero-order valence-corrected chi connectivity index (χ0v) is 11.2. The average molecular weight is 291 g/mol. The number of benzene rings is 2. The molecule has 110 valence electrons. The van der Waals surface area contributed by atoms with Crippen LogP contribution in [-0.4, -0.2) is 11.0 Å². The van der Waals surface area contributed by atoms with E-state index in [-0.39, 0.29) is 17.9 Å². The van der Waals surface area contributed by atoms with Crippen LogP contribution >= 0.6 is 0 Å². The molecule has 0 saturated heterocycles. The molecule has 0 bridgehead atoms. The maximum absolute atomic E-state index is 13.5. The van der Waals surface area contributed by atoms with Gasteiger partial charge < -0.3 is 16.3 Å². The fraction of sp³-hybridized carbons (Fsp3) is 0.133. The summed E-state index contributed by atoms with van der Waals surface area (Å²) in [6, 6.07) is 10.4. The fourth-order valence-electron chi connectivity index (χ4n) is 1.99. The Morgan fingerprint density at radius 3 is 2.57 bits per heavy atom. The number of oxime groups is 1. The lowest BCUT2D eigenvalue weighted by Gasteiger charge is -2.10. The molecule has 0 radical (unpaired) electrons. The summed E-state index contributed by atoms with van der Waals surface area (Å²) in [6.45, 7) is 0.552. The molecule has 6 heteroatoms. The molecule has 0 heterocycles. The number of nitrogens with one attached hydrogen (secondary N) is 1. The Labute approximate surface area is 120 Å². The molecule has 0 aliphatic rings. The first kappa shape index (κ1) is 14.9. The number of nitrogens with zero attached hydrogens (tertiary/aromatic N) is 1. The van der Waals surface area contributed by atoms with Gasteiger partial charge in [-0.05, 0) is 23.8 Å². The first-order chi connectivity index (χ1) is 10.1. The van der Waals surface area contributed by atoms with Crippen molar-refractivity contribution in [3.63, 3.8) is 0 Å². The first-order valence-electron chi connectivity index (χ1n) is 6.32. The minimum absolute atomic E-state index is 0.00401. The Morgan fingerprint density at radius 1 is 1.10 bits per heavy atom. The maximum Gasteiger partial charge on any atom is 0.170 e. The molecule has 0 amide bonds. The minimum Gasteiger partial charge on any atom is -0.409 e. The molecule has 0 aliphatic heterocycles. The molecule has 2 aromatic carbocycles. The van der Waals surface area contributed by atoms with Gasteiger partial charge in [0, 0.05) is 24.2 Å². The molecular formula is C15H15F2N3O. The third-order valence-electron chi connectivity index (χ3n) is 3.04. The second-order valence-corrected chi connectivity index (χ2v) is 4.48. The molecule has 2 aromatic rings. The van der Waals surface area contributed by atoms with Crippen molar-refractivity contribution in [2.24, 2.45) is 10.9 Å². The van der Waals surface area contributed by atoms with Crippen LogP contribution in [0.1, 0.15) is 16.7 Å². The highest BCUT2D eigenvalue weighted by Gasteiger charge is 2.07. The Bertz CT molecular complexity index is 659. The minimum atomic E-state index is -0.481. The van der Waals surface area contributed by atoms with Gasteiger partial charge in [0.2, 0.25) is 0 Å². The number of nitrogens with two attached hydrogens (primary N) is 1. The average Bonchev–Trinajstić information content (AvgIpc) is 2.50. The van der Waals surface area contributed by atoms with E-state index in [1.165, 1.54) is 0 Å². The van der Waals surface area contributed by atoms with E-state index in [9.17, 15) is 8.78 Å². The number of hydrogen-bond donors (Lipinski definition) is 3. The van der Waals surface area contributed by atoms with E-state index in [1.807, 2.05) is 12.1 Å². The van der Waals surface area contributed by atoms with Crippen LogP contribution in [0.4, 0.5) is 8.78 Å². The zero-order chi connectivity index (χ0) is 15.2. The normalized spacial score (nSPS) is 11.6. The number of halogens is 2. The number of rotatable bonds is 5. The van der Waals surface area contributed by atoms with Gasteiger partial charge in [-0.3, -0.25) is 0 Å². The van der Waals surface area contributed by atoms with E-state index in [4.69, 9.17) is 10.9 Å². The highest BCUT2D eigenvalue weighted by molar-refractivity contribution is 5.98. The summed E-state index contributed by atoms with van der Waals surface area (Å²) in [5.74, 6) is -0.941. The topological polar surface area (TPSA) is 70.6 Å². The lowest BCUT2D eigenvalue weighted by molar-refractivity contribution is 0.318. The second kappa shape index (κ2) is 6.81. The van der Waals surface area contributed by atoms with Crippen LogP contribution in [-0.2, 0) is 13.1 Å². The van der Waals surface area contributed by atoms with Crippen molar-refractivity contribution in [2.75, 3.05) is 0 Å². The summed E-state index contributed by atoms with van der Waals surface area (Å²) in [6.07, 6.45) is 0. The van der Waals surface area contributed by atoms with Crippen LogP contribution in [0, 0.1) is 11.6 Å². The van der Waals surface area contributed by atoms with Gasteiger partial charge in [-0.15, -0.1) is 0 Å². The van der Waals surface area contributed by atoms with Gasteiger partial charge in [-0.1, -0.05) is 29.4 Å². The first-order valence-corrected chi connectivity index (χ1v) is 6.32. The molecule has 21 heavy (non-hydrogen) atoms. The van der Waals surface area contributed by atoms with Gasteiger partial charge in [-0.2, -0.15) is 0 Å². The monoisotopic (exact) mass is 291 g/mol. The Balaban J connectivity index is 2.06. The van der Waals surface area contributed by atoms with Crippen molar-refractivity contribution >= 4 is 5.84 Å². The zero-order valence-electron chi connectivity index (χ0n) is 11.2. The molecule has 0 atom stereocenters. The van der Waals surface area contributed by atoms with E-state index in [0.717, 1.165) is 23.8 Å². The standard InChI is InChI=1S/C15H15F2N3O/c16-12-5-6-14(17)11(7-12)9-19-8-10-3-1-2-4-13(10)15(18)20-21/h1-7,19,21H,8-9H2,(H2,18,20). The van der Waals surface area contributed by atoms with Gasteiger partial charge in [0.05, 0.1) is 0 Å². The van der Waals surface area contributed by atoms with Crippen LogP contribution in [0.25, 0.3) is 0 Å². The predicted octanol–water partition coefficient (Wildman–Crippen LogP) is 2.35. The lowest BCUT2D eigenvalue weighted by atomic mass is 10.1. The number of amidine groups is 1. The van der Waals surface area contributed by atoms with Crippen molar-refractivity contribution in [1.82, 2.24) is 5.32 Å². The molecule has 0 aliphatic carbocycles. The largest absolute Gasteiger partial charge is 0.409 e. The SMILES string of the molecule is NC(=NO)c1ccccc1CNCc1cc(F)ccc1F. The van der Waals surface area contributed by atoms with Crippen LogP contribution in [0.5, 0.6) is 0 Å². The Hall–Kier alpha value is -2.47. The van der Waals surface area contributed by atoms with E-state index in [1.54, 1.807) is 12.1 Å². The Morgan fingerprint density at radius 2 is 1.81 bits per heavy atom. The fourth-order valence-corrected chi connectivity index (χ4v) is 1.99. The highest BCUT2D eigenvalue weighted by Crippen LogP contribution is 2.11. The smallest absolute Gasteiger partial charge is 0.170 e. The van der Waals surface area contributed by atoms with Gasteiger partial charge in [-0.25, -0.2) is 8.78 Å². The van der Waals surface area contributed by atoms with E-state index >= 15 is 0 Å². The summed E-state index contributed by atoms with van der Waals surface area (Å²) < 4.78 is 26.5. The molecule has 4 N–H and O–H groups in total. The quantitative estimate of drug-likeness (QED) is 0.343. The van der Waals surface area contributed by atoms with Crippen LogP contribution in [0.15, 0.2) is 47.6 Å². The Kier molecular flexibility index (Phi) is 4.84. The van der Waals surface area contributed by atoms with Gasteiger partial charge in [0.25, 0.3) is 0 Å². The molecule has 0 aromatic heterocycles. The third kappa shape index (κ3) is 3.76. The highest BCUT2D eigenvalue weighted by atomic mass is 19.1. The van der Waals surface area contributed by atoms with Crippen molar-refractivity contribution < 1.29 is 14.0 Å². The maximum atomic E-state index is 13.5. The number of hydrogen-bond acceptors (Lipinski definition) is 3. The van der Waals surface area contributed by atoms with Crippen LogP contribution in [0.3, 0.4) is 0 Å². The molecule has 0 unspecified atom stereocenters. The van der Waals surface area contributed by atoms with Gasteiger partial charge in [0.15, 0.2) is 5.84 Å². The van der Waals surface area contributed by atoms with E-state index in [0.29, 0.717) is 12.1 Å². The van der Waals surface area contributed by atoms with Crippen molar-refractivity contribution in [1.29, 1.82) is 0 Å². The van der Waals surface area contributed by atoms with Crippen molar-refractivity contribution in [3.05, 3.63) is 70.8 Å². The molecule has 4 nitrogen and oxygen atoms in total. The molecule has 2 rings (SSSR count). The van der Waals surface area contributed by atoms with Crippen LogP contribution < -0.4 is 11.1 Å². The summed E-state index contributed by atoms with van der Waals surface area (Å²) in [7, 11) is 0. The summed E-state index contributed by atoms with van der Waals surface area (Å²) in [5, 5.41) is 14.7. The molecule has 0 fully saturated rings. The molecule has 0 saturated carbocycles. The predicted molar refractivity (Wildman–Crippen MR) is 75.9 cm³/mol. The molecule has 0 spiro atoms. The second-order valence-electron chi connectivity index (χ2n) is 4.48.